The second-order valence-corrected chi connectivity index (χ2v) is 8.40. The first-order chi connectivity index (χ1) is 14.3. The average Bonchev–Trinajstić information content (AvgIpc) is 2.74. The number of rotatable bonds is 10. The second-order valence-electron chi connectivity index (χ2n) is 7.60. The molecule has 0 heterocycles. The van der Waals surface area contributed by atoms with Crippen LogP contribution in [0.15, 0.2) is 40.9 Å². The highest BCUT2D eigenvalue weighted by Gasteiger charge is 2.09. The lowest BCUT2D eigenvalue weighted by Crippen LogP contribution is -2.26. The Balaban J connectivity index is 1.76. The van der Waals surface area contributed by atoms with Crippen LogP contribution in [0.5, 0.6) is 5.75 Å². The first kappa shape index (κ1) is 23.9. The molecule has 1 N–H and O–H groups in total. The number of benzene rings is 2. The maximum atomic E-state index is 12.1. The Kier molecular flexibility index (Phi) is 9.37. The largest absolute Gasteiger partial charge is 0.493 e. The molecule has 2 rings (SSSR count). The highest BCUT2D eigenvalue weighted by Crippen LogP contribution is 2.26. The van der Waals surface area contributed by atoms with Crippen molar-refractivity contribution < 1.29 is 19.1 Å². The first-order valence-corrected chi connectivity index (χ1v) is 10.9. The monoisotopic (exact) mass is 475 g/mol. The van der Waals surface area contributed by atoms with Gasteiger partial charge in [-0.3, -0.25) is 9.59 Å². The van der Waals surface area contributed by atoms with E-state index in [9.17, 15) is 9.59 Å². The van der Waals surface area contributed by atoms with E-state index in [-0.39, 0.29) is 24.8 Å². The SMILES string of the molecule is COC(=O)CCNC(=O)c1ccc(CCC(C)COc2cc(C)c(Br)c(C)c2)cc1. The predicted octanol–water partition coefficient (Wildman–Crippen LogP) is 5.01. The Labute approximate surface area is 187 Å². The molecule has 6 heteroatoms. The van der Waals surface area contributed by atoms with Crippen molar-refractivity contribution >= 4 is 27.8 Å². The summed E-state index contributed by atoms with van der Waals surface area (Å²) in [7, 11) is 1.33. The highest BCUT2D eigenvalue weighted by molar-refractivity contribution is 9.10. The summed E-state index contributed by atoms with van der Waals surface area (Å²) in [5, 5.41) is 2.72. The Morgan fingerprint density at radius 3 is 2.33 bits per heavy atom. The molecule has 1 unspecified atom stereocenters. The molecule has 0 saturated heterocycles. The molecule has 0 saturated carbocycles. The minimum atomic E-state index is -0.339. The minimum absolute atomic E-state index is 0.166. The quantitative estimate of drug-likeness (QED) is 0.490. The van der Waals surface area contributed by atoms with Gasteiger partial charge in [0.05, 0.1) is 20.1 Å². The molecule has 0 radical (unpaired) electrons. The van der Waals surface area contributed by atoms with Gasteiger partial charge < -0.3 is 14.8 Å². The second kappa shape index (κ2) is 11.7. The lowest BCUT2D eigenvalue weighted by molar-refractivity contribution is -0.140. The normalized spacial score (nSPS) is 11.6. The molecule has 0 aliphatic carbocycles. The van der Waals surface area contributed by atoms with E-state index in [1.165, 1.54) is 23.8 Å². The zero-order valence-electron chi connectivity index (χ0n) is 18.1. The van der Waals surface area contributed by atoms with E-state index in [1.54, 1.807) is 0 Å². The van der Waals surface area contributed by atoms with Gasteiger partial charge in [0, 0.05) is 16.6 Å². The fourth-order valence-electron chi connectivity index (χ4n) is 3.03. The zero-order chi connectivity index (χ0) is 22.1. The van der Waals surface area contributed by atoms with Crippen LogP contribution in [-0.2, 0) is 16.0 Å². The summed E-state index contributed by atoms with van der Waals surface area (Å²) in [5.41, 5.74) is 4.11. The molecule has 1 amide bonds. The van der Waals surface area contributed by atoms with Crippen molar-refractivity contribution in [1.82, 2.24) is 5.32 Å². The Morgan fingerprint density at radius 1 is 1.10 bits per heavy atom. The first-order valence-electron chi connectivity index (χ1n) is 10.1. The van der Waals surface area contributed by atoms with Gasteiger partial charge in [0.25, 0.3) is 5.91 Å². The molecule has 30 heavy (non-hydrogen) atoms. The number of hydrogen-bond acceptors (Lipinski definition) is 4. The fourth-order valence-corrected chi connectivity index (χ4v) is 3.26. The third-order valence-corrected chi connectivity index (χ3v) is 6.18. The van der Waals surface area contributed by atoms with Gasteiger partial charge in [0.1, 0.15) is 5.75 Å². The molecule has 162 valence electrons. The number of halogens is 1. The van der Waals surface area contributed by atoms with E-state index in [4.69, 9.17) is 4.74 Å². The van der Waals surface area contributed by atoms with Crippen molar-refractivity contribution in [3.63, 3.8) is 0 Å². The van der Waals surface area contributed by atoms with Gasteiger partial charge in [-0.1, -0.05) is 35.0 Å². The molecular formula is C24H30BrNO4. The topological polar surface area (TPSA) is 64.6 Å². The minimum Gasteiger partial charge on any atom is -0.493 e. The van der Waals surface area contributed by atoms with Crippen LogP contribution in [0.25, 0.3) is 0 Å². The summed E-state index contributed by atoms with van der Waals surface area (Å²) in [6.45, 7) is 7.25. The standard InChI is InChI=1S/C24H30BrNO4/c1-16(15-30-21-13-17(2)23(25)18(3)14-21)5-6-19-7-9-20(10-8-19)24(28)26-12-11-22(27)29-4/h7-10,13-14,16H,5-6,11-12,15H2,1-4H3,(H,26,28). The zero-order valence-corrected chi connectivity index (χ0v) is 19.7. The van der Waals surface area contributed by atoms with Crippen molar-refractivity contribution in [3.05, 3.63) is 63.1 Å². The molecule has 0 aliphatic rings. The number of carbonyl (C=O) groups is 2. The molecule has 2 aromatic carbocycles. The summed E-state index contributed by atoms with van der Waals surface area (Å²) in [6.07, 6.45) is 2.09. The Bertz CT molecular complexity index is 841. The third kappa shape index (κ3) is 7.48. The van der Waals surface area contributed by atoms with Crippen molar-refractivity contribution in [2.75, 3.05) is 20.3 Å². The third-order valence-electron chi connectivity index (χ3n) is 4.93. The lowest BCUT2D eigenvalue weighted by Gasteiger charge is -2.15. The molecule has 1 atom stereocenters. The number of aryl methyl sites for hydroxylation is 3. The molecule has 2 aromatic rings. The van der Waals surface area contributed by atoms with Crippen molar-refractivity contribution in [2.24, 2.45) is 5.92 Å². The maximum absolute atomic E-state index is 12.1. The van der Waals surface area contributed by atoms with Crippen LogP contribution in [0.1, 0.15) is 46.8 Å². The van der Waals surface area contributed by atoms with Gasteiger partial charge in [0.2, 0.25) is 0 Å². The molecule has 0 fully saturated rings. The van der Waals surface area contributed by atoms with Gasteiger partial charge in [-0.2, -0.15) is 0 Å². The van der Waals surface area contributed by atoms with E-state index >= 15 is 0 Å². The molecular weight excluding hydrogens is 446 g/mol. The average molecular weight is 476 g/mol. The lowest BCUT2D eigenvalue weighted by atomic mass is 10.0. The number of carbonyl (C=O) groups excluding carboxylic acids is 2. The molecule has 0 bridgehead atoms. The van der Waals surface area contributed by atoms with Crippen LogP contribution in [0, 0.1) is 19.8 Å². The number of nitrogens with one attached hydrogen (secondary N) is 1. The molecule has 5 nitrogen and oxygen atoms in total. The predicted molar refractivity (Wildman–Crippen MR) is 122 cm³/mol. The summed E-state index contributed by atoms with van der Waals surface area (Å²) in [4.78, 5) is 23.2. The van der Waals surface area contributed by atoms with Gasteiger partial charge >= 0.3 is 5.97 Å². The van der Waals surface area contributed by atoms with Crippen LogP contribution in [0.4, 0.5) is 0 Å². The number of hydrogen-bond donors (Lipinski definition) is 1. The van der Waals surface area contributed by atoms with E-state index in [0.29, 0.717) is 18.1 Å². The van der Waals surface area contributed by atoms with Crippen molar-refractivity contribution in [3.8, 4) is 5.75 Å². The molecule has 0 aliphatic heterocycles. The van der Waals surface area contributed by atoms with Gasteiger partial charge in [-0.25, -0.2) is 0 Å². The molecule has 0 aromatic heterocycles. The van der Waals surface area contributed by atoms with Crippen LogP contribution < -0.4 is 10.1 Å². The van der Waals surface area contributed by atoms with Crippen LogP contribution in [0.2, 0.25) is 0 Å². The van der Waals surface area contributed by atoms with Crippen LogP contribution >= 0.6 is 15.9 Å². The van der Waals surface area contributed by atoms with E-state index in [2.05, 4.69) is 58.9 Å². The number of methoxy groups -OCH3 is 1. The van der Waals surface area contributed by atoms with Crippen molar-refractivity contribution in [1.29, 1.82) is 0 Å². The number of esters is 1. The molecule has 0 spiro atoms. The highest BCUT2D eigenvalue weighted by atomic mass is 79.9. The fraction of sp³-hybridized carbons (Fsp3) is 0.417. The summed E-state index contributed by atoms with van der Waals surface area (Å²) in [6, 6.07) is 11.7. The Hall–Kier alpha value is -2.34. The van der Waals surface area contributed by atoms with E-state index < -0.39 is 0 Å². The van der Waals surface area contributed by atoms with Gasteiger partial charge in [0.15, 0.2) is 0 Å². The number of ether oxygens (including phenoxy) is 2. The van der Waals surface area contributed by atoms with Gasteiger partial charge in [-0.05, 0) is 73.6 Å². The smallest absolute Gasteiger partial charge is 0.307 e. The number of amides is 1. The summed E-state index contributed by atoms with van der Waals surface area (Å²) >= 11 is 3.58. The van der Waals surface area contributed by atoms with E-state index in [0.717, 1.165) is 23.1 Å². The maximum Gasteiger partial charge on any atom is 0.307 e. The summed E-state index contributed by atoms with van der Waals surface area (Å²) < 4.78 is 11.7. The van der Waals surface area contributed by atoms with E-state index in [1.807, 2.05) is 24.3 Å². The van der Waals surface area contributed by atoms with Crippen LogP contribution in [0.3, 0.4) is 0 Å². The summed E-state index contributed by atoms with van der Waals surface area (Å²) in [5.74, 6) is 0.791. The van der Waals surface area contributed by atoms with Crippen LogP contribution in [-0.4, -0.2) is 32.1 Å². The van der Waals surface area contributed by atoms with Crippen molar-refractivity contribution in [2.45, 2.75) is 40.0 Å². The van der Waals surface area contributed by atoms with Gasteiger partial charge in [-0.15, -0.1) is 0 Å². The Morgan fingerprint density at radius 2 is 1.73 bits per heavy atom.